The van der Waals surface area contributed by atoms with Crippen LogP contribution in [0.4, 0.5) is 15.2 Å². The van der Waals surface area contributed by atoms with Crippen LogP contribution in [0, 0.1) is 5.82 Å². The molecule has 0 bridgehead atoms. The van der Waals surface area contributed by atoms with Gasteiger partial charge in [0.15, 0.2) is 5.13 Å². The number of sulfonamides is 1. The fraction of sp³-hybridized carbons (Fsp3) is 0.400. The quantitative estimate of drug-likeness (QED) is 0.235. The number of aromatic nitrogens is 1. The molecule has 0 aliphatic carbocycles. The molecule has 0 radical (unpaired) electrons. The SMILES string of the molecule is O=S(=O)(Nc1nccs1)c1cc(Cl)c(NCCCCNCC2CCC(c3ccccc3)CN2)cc1F. The van der Waals surface area contributed by atoms with Gasteiger partial charge in [0, 0.05) is 37.3 Å². The van der Waals surface area contributed by atoms with Crippen LogP contribution in [0.25, 0.3) is 0 Å². The van der Waals surface area contributed by atoms with Crippen molar-refractivity contribution < 1.29 is 12.8 Å². The van der Waals surface area contributed by atoms with Crippen molar-refractivity contribution in [2.75, 3.05) is 36.2 Å². The lowest BCUT2D eigenvalue weighted by Crippen LogP contribution is -2.44. The highest BCUT2D eigenvalue weighted by atomic mass is 35.5. The number of piperidine rings is 1. The van der Waals surface area contributed by atoms with Gasteiger partial charge in [-0.1, -0.05) is 41.9 Å². The summed E-state index contributed by atoms with van der Waals surface area (Å²) in [6.07, 6.45) is 5.64. The van der Waals surface area contributed by atoms with Gasteiger partial charge in [0.05, 0.1) is 10.7 Å². The van der Waals surface area contributed by atoms with E-state index in [1.54, 1.807) is 5.38 Å². The number of hydrogen-bond acceptors (Lipinski definition) is 7. The molecule has 2 aromatic carbocycles. The first-order valence-corrected chi connectivity index (χ1v) is 14.8. The fourth-order valence-electron chi connectivity index (χ4n) is 4.29. The third-order valence-electron chi connectivity index (χ3n) is 6.24. The molecule has 1 aromatic heterocycles. The predicted octanol–water partition coefficient (Wildman–Crippen LogP) is 5.05. The number of thiazole rings is 1. The Morgan fingerprint density at radius 2 is 1.94 bits per heavy atom. The number of unbranched alkanes of at least 4 members (excludes halogenated alkanes) is 1. The maximum Gasteiger partial charge on any atom is 0.266 e. The summed E-state index contributed by atoms with van der Waals surface area (Å²) in [5, 5.41) is 12.2. The van der Waals surface area contributed by atoms with Crippen LogP contribution < -0.4 is 20.7 Å². The molecule has 194 valence electrons. The molecular formula is C25H31ClFN5O2S2. The summed E-state index contributed by atoms with van der Waals surface area (Å²) < 4.78 is 41.8. The summed E-state index contributed by atoms with van der Waals surface area (Å²) in [5.74, 6) is -0.282. The molecule has 0 saturated carbocycles. The average molecular weight is 552 g/mol. The molecule has 0 spiro atoms. The average Bonchev–Trinajstić information content (AvgIpc) is 3.38. The minimum Gasteiger partial charge on any atom is -0.384 e. The molecule has 11 heteroatoms. The molecule has 7 nitrogen and oxygen atoms in total. The number of benzene rings is 2. The number of anilines is 2. The molecule has 4 rings (SSSR count). The van der Waals surface area contributed by atoms with Crippen LogP contribution in [0.5, 0.6) is 0 Å². The van der Waals surface area contributed by atoms with Gasteiger partial charge >= 0.3 is 0 Å². The van der Waals surface area contributed by atoms with Crippen molar-refractivity contribution in [2.45, 2.75) is 42.5 Å². The van der Waals surface area contributed by atoms with E-state index >= 15 is 0 Å². The number of hydrogen-bond donors (Lipinski definition) is 4. The van der Waals surface area contributed by atoms with Gasteiger partial charge in [-0.2, -0.15) is 0 Å². The van der Waals surface area contributed by atoms with Crippen LogP contribution in [0.2, 0.25) is 5.02 Å². The van der Waals surface area contributed by atoms with Crippen molar-refractivity contribution >= 4 is 43.8 Å². The van der Waals surface area contributed by atoms with E-state index in [0.29, 0.717) is 24.2 Å². The Balaban J connectivity index is 1.13. The summed E-state index contributed by atoms with van der Waals surface area (Å²) in [6.45, 7) is 3.45. The molecule has 2 unspecified atom stereocenters. The molecule has 3 aromatic rings. The first-order chi connectivity index (χ1) is 17.4. The lowest BCUT2D eigenvalue weighted by Gasteiger charge is -2.30. The van der Waals surface area contributed by atoms with Crippen LogP contribution in [0.3, 0.4) is 0 Å². The van der Waals surface area contributed by atoms with E-state index in [4.69, 9.17) is 11.6 Å². The number of nitrogens with one attached hydrogen (secondary N) is 4. The third kappa shape index (κ3) is 7.39. The Labute approximate surface area is 220 Å². The van der Waals surface area contributed by atoms with E-state index in [1.165, 1.54) is 18.2 Å². The summed E-state index contributed by atoms with van der Waals surface area (Å²) in [4.78, 5) is 3.35. The molecule has 1 aliphatic heterocycles. The monoisotopic (exact) mass is 551 g/mol. The third-order valence-corrected chi connectivity index (χ3v) is 8.72. The van der Waals surface area contributed by atoms with Gasteiger partial charge in [0.2, 0.25) is 0 Å². The van der Waals surface area contributed by atoms with Gasteiger partial charge in [-0.05, 0) is 55.8 Å². The normalized spacial score (nSPS) is 18.2. The summed E-state index contributed by atoms with van der Waals surface area (Å²) in [7, 11) is -4.12. The van der Waals surface area contributed by atoms with Crippen LogP contribution in [0.15, 0.2) is 58.9 Å². The van der Waals surface area contributed by atoms with Crippen LogP contribution in [-0.4, -0.2) is 45.6 Å². The molecule has 36 heavy (non-hydrogen) atoms. The van der Waals surface area contributed by atoms with Crippen molar-refractivity contribution in [3.8, 4) is 0 Å². The van der Waals surface area contributed by atoms with Crippen molar-refractivity contribution in [1.29, 1.82) is 0 Å². The van der Waals surface area contributed by atoms with Gasteiger partial charge in [0.1, 0.15) is 10.7 Å². The van der Waals surface area contributed by atoms with E-state index in [-0.39, 0.29) is 10.2 Å². The lowest BCUT2D eigenvalue weighted by molar-refractivity contribution is 0.352. The zero-order valence-corrected chi connectivity index (χ0v) is 22.2. The Hall–Kier alpha value is -2.24. The minimum atomic E-state index is -4.12. The first kappa shape index (κ1) is 26.8. The van der Waals surface area contributed by atoms with Gasteiger partial charge in [-0.3, -0.25) is 4.72 Å². The summed E-state index contributed by atoms with van der Waals surface area (Å²) in [6, 6.07) is 13.4. The largest absolute Gasteiger partial charge is 0.384 e. The van der Waals surface area contributed by atoms with Gasteiger partial charge < -0.3 is 16.0 Å². The van der Waals surface area contributed by atoms with E-state index in [9.17, 15) is 12.8 Å². The number of nitrogens with zero attached hydrogens (tertiary/aromatic N) is 1. The molecule has 1 fully saturated rings. The molecule has 2 heterocycles. The Morgan fingerprint density at radius 1 is 1.14 bits per heavy atom. The maximum atomic E-state index is 14.6. The minimum absolute atomic E-state index is 0.145. The van der Waals surface area contributed by atoms with Gasteiger partial charge in [-0.25, -0.2) is 17.8 Å². The predicted molar refractivity (Wildman–Crippen MR) is 145 cm³/mol. The van der Waals surface area contributed by atoms with Crippen LogP contribution in [0.1, 0.15) is 37.2 Å². The van der Waals surface area contributed by atoms with Crippen molar-refractivity contribution in [2.24, 2.45) is 0 Å². The maximum absolute atomic E-state index is 14.6. The molecule has 4 N–H and O–H groups in total. The zero-order chi connectivity index (χ0) is 25.4. The number of halogens is 2. The highest BCUT2D eigenvalue weighted by Crippen LogP contribution is 2.29. The topological polar surface area (TPSA) is 95.2 Å². The van der Waals surface area contributed by atoms with E-state index in [0.717, 1.165) is 62.4 Å². The Bertz CT molecular complexity index is 1200. The highest BCUT2D eigenvalue weighted by molar-refractivity contribution is 7.93. The molecule has 2 atom stereocenters. The van der Waals surface area contributed by atoms with Crippen molar-refractivity contribution in [3.63, 3.8) is 0 Å². The molecule has 1 saturated heterocycles. The van der Waals surface area contributed by atoms with Gasteiger partial charge in [-0.15, -0.1) is 11.3 Å². The Kier molecular flexibility index (Phi) is 9.55. The van der Waals surface area contributed by atoms with E-state index < -0.39 is 20.7 Å². The number of rotatable bonds is 12. The second-order valence-corrected chi connectivity index (χ2v) is 11.8. The van der Waals surface area contributed by atoms with E-state index in [2.05, 4.69) is 56.0 Å². The van der Waals surface area contributed by atoms with E-state index in [1.807, 2.05) is 0 Å². The standard InChI is InChI=1S/C25H31ClFN5O2S2/c26-21-14-24(36(33,34)32-25-30-12-13-35-25)22(27)15-23(21)29-11-5-4-10-28-17-20-9-8-19(16-31-20)18-6-2-1-3-7-18/h1-3,6-7,12-15,19-20,28-29,31H,4-5,8-11,16-17H2,(H,30,32). The van der Waals surface area contributed by atoms with Crippen molar-refractivity contribution in [1.82, 2.24) is 15.6 Å². The molecule has 0 amide bonds. The first-order valence-electron chi connectivity index (χ1n) is 12.1. The molecular weight excluding hydrogens is 521 g/mol. The van der Waals surface area contributed by atoms with Crippen LogP contribution >= 0.6 is 22.9 Å². The highest BCUT2D eigenvalue weighted by Gasteiger charge is 2.23. The van der Waals surface area contributed by atoms with Gasteiger partial charge in [0.25, 0.3) is 10.0 Å². The van der Waals surface area contributed by atoms with Crippen molar-refractivity contribution in [3.05, 3.63) is 70.4 Å². The lowest BCUT2D eigenvalue weighted by atomic mass is 9.89. The summed E-state index contributed by atoms with van der Waals surface area (Å²) >= 11 is 7.34. The molecule has 1 aliphatic rings. The second-order valence-electron chi connectivity index (χ2n) is 8.83. The Morgan fingerprint density at radius 3 is 2.67 bits per heavy atom. The summed E-state index contributed by atoms with van der Waals surface area (Å²) in [5.41, 5.74) is 1.78. The fourth-order valence-corrected chi connectivity index (χ4v) is 6.46. The second kappa shape index (κ2) is 12.8. The smallest absolute Gasteiger partial charge is 0.266 e. The zero-order valence-electron chi connectivity index (χ0n) is 19.8. The van der Waals surface area contributed by atoms with Crippen LogP contribution in [-0.2, 0) is 10.0 Å².